The summed E-state index contributed by atoms with van der Waals surface area (Å²) in [5.74, 6) is 0.207. The molecule has 0 radical (unpaired) electrons. The maximum atomic E-state index is 13.2. The highest BCUT2D eigenvalue weighted by molar-refractivity contribution is 6.26. The van der Waals surface area contributed by atoms with Crippen molar-refractivity contribution < 1.29 is 18.8 Å². The Morgan fingerprint density at radius 2 is 1.66 bits per heavy atom. The van der Waals surface area contributed by atoms with Crippen molar-refractivity contribution in [2.45, 2.75) is 13.0 Å². The molecule has 0 saturated carbocycles. The first kappa shape index (κ1) is 21.8. The number of benzene rings is 3. The summed E-state index contributed by atoms with van der Waals surface area (Å²) in [7, 11) is 5.93. The van der Waals surface area contributed by atoms with Crippen LogP contribution in [0.4, 0.5) is 0 Å². The van der Waals surface area contributed by atoms with Gasteiger partial charge in [0, 0.05) is 40.4 Å². The normalized spacial score (nSPS) is 13.5. The van der Waals surface area contributed by atoms with Crippen LogP contribution in [0.3, 0.4) is 0 Å². The van der Waals surface area contributed by atoms with E-state index in [2.05, 4.69) is 44.9 Å². The smallest absolute Gasteiger partial charge is 0.261 e. The van der Waals surface area contributed by atoms with Gasteiger partial charge >= 0.3 is 0 Å². The first-order valence-corrected chi connectivity index (χ1v) is 10.8. The second-order valence-electron chi connectivity index (χ2n) is 8.92. The molecule has 0 aliphatic carbocycles. The predicted octanol–water partition coefficient (Wildman–Crippen LogP) is 4.75. The number of rotatable bonds is 8. The molecule has 0 saturated heterocycles. The monoisotopic (exact) mass is 429 g/mol. The summed E-state index contributed by atoms with van der Waals surface area (Å²) in [4.78, 5) is 27.7. The minimum atomic E-state index is -0.230. The zero-order chi connectivity index (χ0) is 22.9. The van der Waals surface area contributed by atoms with Gasteiger partial charge in [0.1, 0.15) is 12.3 Å². The molecule has 1 heterocycles. The van der Waals surface area contributed by atoms with E-state index in [1.807, 2.05) is 18.2 Å². The third-order valence-corrected chi connectivity index (χ3v) is 6.14. The third-order valence-electron chi connectivity index (χ3n) is 6.14. The highest BCUT2D eigenvalue weighted by atomic mass is 16.5. The molecule has 0 N–H and O–H groups in total. The summed E-state index contributed by atoms with van der Waals surface area (Å²) >= 11 is 0. The van der Waals surface area contributed by atoms with E-state index >= 15 is 0 Å². The average Bonchev–Trinajstić information content (AvgIpc) is 2.79. The van der Waals surface area contributed by atoms with E-state index in [1.165, 1.54) is 10.5 Å². The SMILES string of the molecule is C=Cc1ccc(C[N+](C)(C)CCCN2C(=O)c3cccc4c(OC)ccc(c34)C2=O)cc1. The molecule has 3 aromatic rings. The van der Waals surface area contributed by atoms with Crippen molar-refractivity contribution in [3.8, 4) is 5.75 Å². The molecule has 0 atom stereocenters. The number of hydrogen-bond acceptors (Lipinski definition) is 3. The van der Waals surface area contributed by atoms with Crippen molar-refractivity contribution in [2.75, 3.05) is 34.3 Å². The Labute approximate surface area is 189 Å². The quantitative estimate of drug-likeness (QED) is 0.383. The Bertz CT molecular complexity index is 1170. The maximum absolute atomic E-state index is 13.2. The summed E-state index contributed by atoms with van der Waals surface area (Å²) in [6.45, 7) is 5.92. The number of hydrogen-bond donors (Lipinski definition) is 0. The van der Waals surface area contributed by atoms with Crippen molar-refractivity contribution in [1.82, 2.24) is 4.90 Å². The minimum absolute atomic E-state index is 0.230. The van der Waals surface area contributed by atoms with E-state index in [0.29, 0.717) is 28.8 Å². The molecular weight excluding hydrogens is 400 g/mol. The predicted molar refractivity (Wildman–Crippen MR) is 128 cm³/mol. The Morgan fingerprint density at radius 3 is 2.31 bits per heavy atom. The van der Waals surface area contributed by atoms with E-state index in [9.17, 15) is 9.59 Å². The Morgan fingerprint density at radius 1 is 0.969 bits per heavy atom. The van der Waals surface area contributed by atoms with Gasteiger partial charge in [0.25, 0.3) is 11.8 Å². The number of quaternary nitrogens is 1. The van der Waals surface area contributed by atoms with Crippen LogP contribution in [0.25, 0.3) is 16.8 Å². The van der Waals surface area contributed by atoms with Crippen molar-refractivity contribution in [2.24, 2.45) is 0 Å². The van der Waals surface area contributed by atoms with Crippen LogP contribution >= 0.6 is 0 Å². The number of ether oxygens (including phenoxy) is 1. The summed E-state index contributed by atoms with van der Waals surface area (Å²) < 4.78 is 6.20. The lowest BCUT2D eigenvalue weighted by atomic mass is 9.93. The van der Waals surface area contributed by atoms with Gasteiger partial charge in [-0.25, -0.2) is 0 Å². The van der Waals surface area contributed by atoms with E-state index < -0.39 is 0 Å². The van der Waals surface area contributed by atoms with Crippen LogP contribution in [0.15, 0.2) is 61.2 Å². The van der Waals surface area contributed by atoms with Crippen LogP contribution in [0.5, 0.6) is 5.75 Å². The van der Waals surface area contributed by atoms with Gasteiger partial charge in [-0.1, -0.05) is 49.1 Å². The van der Waals surface area contributed by atoms with Gasteiger partial charge in [-0.05, 0) is 23.8 Å². The second kappa shape index (κ2) is 8.60. The lowest BCUT2D eigenvalue weighted by Gasteiger charge is -2.32. The number of methoxy groups -OCH3 is 1. The molecule has 0 spiro atoms. The average molecular weight is 430 g/mol. The Hall–Kier alpha value is -3.44. The van der Waals surface area contributed by atoms with Gasteiger partial charge in [0.05, 0.1) is 27.7 Å². The molecular formula is C27H29N2O3+. The minimum Gasteiger partial charge on any atom is -0.496 e. The first-order valence-electron chi connectivity index (χ1n) is 10.8. The molecule has 5 nitrogen and oxygen atoms in total. The van der Waals surface area contributed by atoms with Crippen molar-refractivity contribution >= 4 is 28.7 Å². The van der Waals surface area contributed by atoms with Crippen molar-refractivity contribution in [3.63, 3.8) is 0 Å². The van der Waals surface area contributed by atoms with Gasteiger partial charge in [0.15, 0.2) is 0 Å². The lowest BCUT2D eigenvalue weighted by Crippen LogP contribution is -2.44. The number of nitrogens with zero attached hydrogens (tertiary/aromatic N) is 2. The molecule has 2 amide bonds. The van der Waals surface area contributed by atoms with Crippen LogP contribution in [-0.2, 0) is 6.54 Å². The largest absolute Gasteiger partial charge is 0.496 e. The molecule has 164 valence electrons. The fourth-order valence-electron chi connectivity index (χ4n) is 4.49. The van der Waals surface area contributed by atoms with E-state index in [-0.39, 0.29) is 11.8 Å². The van der Waals surface area contributed by atoms with E-state index in [1.54, 1.807) is 25.3 Å². The van der Waals surface area contributed by atoms with Crippen LogP contribution in [0, 0.1) is 0 Å². The van der Waals surface area contributed by atoms with E-state index in [4.69, 9.17) is 4.74 Å². The Kier molecular flexibility index (Phi) is 5.85. The standard InChI is InChI=1S/C27H29N2O3/c1-5-19-10-12-20(13-11-19)18-29(2,3)17-7-16-28-26(30)22-9-6-8-21-24(32-4)15-14-23(25(21)22)27(28)31/h5-6,8-15H,1,7,16-18H2,2-4H3/q+1. The second-order valence-corrected chi connectivity index (χ2v) is 8.92. The summed E-state index contributed by atoms with van der Waals surface area (Å²) in [6.07, 6.45) is 2.57. The molecule has 0 unspecified atom stereocenters. The molecule has 3 aromatic carbocycles. The highest BCUT2D eigenvalue weighted by Gasteiger charge is 2.33. The van der Waals surface area contributed by atoms with Crippen molar-refractivity contribution in [3.05, 3.63) is 83.4 Å². The molecule has 5 heteroatoms. The van der Waals surface area contributed by atoms with Crippen LogP contribution < -0.4 is 4.74 Å². The summed E-state index contributed by atoms with van der Waals surface area (Å²) in [6, 6.07) is 17.5. The molecule has 32 heavy (non-hydrogen) atoms. The topological polar surface area (TPSA) is 46.6 Å². The first-order chi connectivity index (χ1) is 15.3. The summed E-state index contributed by atoms with van der Waals surface area (Å²) in [5, 5.41) is 1.49. The van der Waals surface area contributed by atoms with Gasteiger partial charge in [-0.2, -0.15) is 0 Å². The molecule has 0 fully saturated rings. The Balaban J connectivity index is 1.47. The van der Waals surface area contributed by atoms with Gasteiger partial charge in [0.2, 0.25) is 0 Å². The van der Waals surface area contributed by atoms with Crippen LogP contribution in [0.1, 0.15) is 38.3 Å². The summed E-state index contributed by atoms with van der Waals surface area (Å²) in [5.41, 5.74) is 3.48. The fourth-order valence-corrected chi connectivity index (χ4v) is 4.49. The van der Waals surface area contributed by atoms with Crippen molar-refractivity contribution in [1.29, 1.82) is 0 Å². The number of amides is 2. The van der Waals surface area contributed by atoms with Crippen LogP contribution in [-0.4, -0.2) is 55.5 Å². The zero-order valence-corrected chi connectivity index (χ0v) is 18.9. The third kappa shape index (κ3) is 4.04. The van der Waals surface area contributed by atoms with Gasteiger partial charge in [-0.15, -0.1) is 0 Å². The molecule has 1 aliphatic rings. The number of imide groups is 1. The van der Waals surface area contributed by atoms with E-state index in [0.717, 1.165) is 34.9 Å². The fraction of sp³-hybridized carbons (Fsp3) is 0.259. The zero-order valence-electron chi connectivity index (χ0n) is 18.9. The molecule has 0 bridgehead atoms. The van der Waals surface area contributed by atoms with Gasteiger partial charge < -0.3 is 9.22 Å². The lowest BCUT2D eigenvalue weighted by molar-refractivity contribution is -0.903. The van der Waals surface area contributed by atoms with Gasteiger partial charge in [-0.3, -0.25) is 14.5 Å². The molecule has 1 aliphatic heterocycles. The number of carbonyl (C=O) groups is 2. The maximum Gasteiger partial charge on any atom is 0.261 e. The highest BCUT2D eigenvalue weighted by Crippen LogP contribution is 2.35. The molecule has 4 rings (SSSR count). The number of carbonyl (C=O) groups excluding carboxylic acids is 2. The molecule has 0 aromatic heterocycles. The van der Waals surface area contributed by atoms with Crippen LogP contribution in [0.2, 0.25) is 0 Å².